The predicted molar refractivity (Wildman–Crippen MR) is 90.5 cm³/mol. The number of carbonyl (C=O) groups excluding carboxylic acids is 1. The number of aryl methyl sites for hydroxylation is 1. The Morgan fingerprint density at radius 2 is 2.08 bits per heavy atom. The van der Waals surface area contributed by atoms with Gasteiger partial charge in [-0.3, -0.25) is 14.1 Å². The van der Waals surface area contributed by atoms with Gasteiger partial charge in [0, 0.05) is 38.9 Å². The van der Waals surface area contributed by atoms with Crippen LogP contribution < -0.4 is 4.74 Å². The lowest BCUT2D eigenvalue weighted by molar-refractivity contribution is 0.0607. The number of aliphatic hydroxyl groups excluding tert-OH is 1. The highest BCUT2D eigenvalue weighted by molar-refractivity contribution is 5.95. The smallest absolute Gasteiger partial charge is 0.272 e. The molecule has 130 valence electrons. The van der Waals surface area contributed by atoms with Crippen LogP contribution in [0.3, 0.4) is 0 Å². The number of fused-ring (bicyclic) bond motifs is 1. The number of pyridine rings is 1. The van der Waals surface area contributed by atoms with Gasteiger partial charge < -0.3 is 14.7 Å². The maximum absolute atomic E-state index is 13.0. The van der Waals surface area contributed by atoms with Crippen molar-refractivity contribution in [2.75, 3.05) is 45.9 Å². The van der Waals surface area contributed by atoms with E-state index in [0.717, 1.165) is 13.1 Å². The maximum Gasteiger partial charge on any atom is 0.272 e. The number of nitrogens with zero attached hydrogens (tertiary/aromatic N) is 4. The molecule has 3 rings (SSSR count). The molecule has 0 atom stereocenters. The van der Waals surface area contributed by atoms with Crippen molar-refractivity contribution in [1.82, 2.24) is 19.2 Å². The molecule has 1 amide bonds. The van der Waals surface area contributed by atoms with Crippen LogP contribution in [-0.2, 0) is 0 Å². The SMILES string of the molecule is CCOc1cccn2c(C(=O)N3CCN(CCO)CC3)c(C)nc12. The van der Waals surface area contributed by atoms with Crippen molar-refractivity contribution in [1.29, 1.82) is 0 Å². The zero-order valence-electron chi connectivity index (χ0n) is 14.2. The Bertz CT molecular complexity index is 720. The topological polar surface area (TPSA) is 70.3 Å². The Labute approximate surface area is 141 Å². The van der Waals surface area contributed by atoms with Gasteiger partial charge in [-0.25, -0.2) is 4.98 Å². The molecule has 0 saturated carbocycles. The van der Waals surface area contributed by atoms with Crippen LogP contribution in [0.25, 0.3) is 5.65 Å². The first-order valence-corrected chi connectivity index (χ1v) is 8.38. The van der Waals surface area contributed by atoms with Gasteiger partial charge in [0.25, 0.3) is 5.91 Å². The van der Waals surface area contributed by atoms with Crippen LogP contribution in [0.5, 0.6) is 5.75 Å². The number of aromatic nitrogens is 2. The highest BCUT2D eigenvalue weighted by atomic mass is 16.5. The molecule has 0 radical (unpaired) electrons. The van der Waals surface area contributed by atoms with Crippen molar-refractivity contribution in [2.24, 2.45) is 0 Å². The quantitative estimate of drug-likeness (QED) is 0.877. The second kappa shape index (κ2) is 7.19. The number of hydrogen-bond donors (Lipinski definition) is 1. The molecule has 3 heterocycles. The lowest BCUT2D eigenvalue weighted by Gasteiger charge is -2.34. The lowest BCUT2D eigenvalue weighted by atomic mass is 10.2. The Hall–Kier alpha value is -2.12. The molecule has 7 heteroatoms. The summed E-state index contributed by atoms with van der Waals surface area (Å²) in [6.07, 6.45) is 1.85. The van der Waals surface area contributed by atoms with E-state index in [2.05, 4.69) is 9.88 Å². The van der Waals surface area contributed by atoms with Crippen molar-refractivity contribution < 1.29 is 14.6 Å². The van der Waals surface area contributed by atoms with Gasteiger partial charge in [0.1, 0.15) is 5.69 Å². The fourth-order valence-corrected chi connectivity index (χ4v) is 3.15. The van der Waals surface area contributed by atoms with Crippen molar-refractivity contribution in [2.45, 2.75) is 13.8 Å². The van der Waals surface area contributed by atoms with E-state index in [1.54, 1.807) is 0 Å². The zero-order chi connectivity index (χ0) is 17.1. The second-order valence-corrected chi connectivity index (χ2v) is 5.90. The number of β-amino-alcohol motifs (C(OH)–C–C–N with tert-alkyl or cyclic N) is 1. The van der Waals surface area contributed by atoms with E-state index in [0.29, 0.717) is 49.0 Å². The molecule has 1 saturated heterocycles. The van der Waals surface area contributed by atoms with Crippen molar-refractivity contribution in [3.8, 4) is 5.75 Å². The Balaban J connectivity index is 1.85. The number of amides is 1. The molecule has 2 aromatic rings. The van der Waals surface area contributed by atoms with E-state index < -0.39 is 0 Å². The highest BCUT2D eigenvalue weighted by Crippen LogP contribution is 2.23. The van der Waals surface area contributed by atoms with Crippen LogP contribution in [0.4, 0.5) is 0 Å². The number of ether oxygens (including phenoxy) is 1. The summed E-state index contributed by atoms with van der Waals surface area (Å²) in [7, 11) is 0. The third-order valence-corrected chi connectivity index (χ3v) is 4.37. The molecule has 0 spiro atoms. The fraction of sp³-hybridized carbons (Fsp3) is 0.529. The van der Waals surface area contributed by atoms with E-state index >= 15 is 0 Å². The molecule has 1 aliphatic rings. The van der Waals surface area contributed by atoms with Gasteiger partial charge in [0.05, 0.1) is 18.9 Å². The van der Waals surface area contributed by atoms with Gasteiger partial charge in [-0.15, -0.1) is 0 Å². The highest BCUT2D eigenvalue weighted by Gasteiger charge is 2.26. The normalized spacial score (nSPS) is 15.9. The molecular formula is C17H24N4O3. The monoisotopic (exact) mass is 332 g/mol. The third kappa shape index (κ3) is 3.09. The summed E-state index contributed by atoms with van der Waals surface area (Å²) < 4.78 is 7.44. The summed E-state index contributed by atoms with van der Waals surface area (Å²) >= 11 is 0. The van der Waals surface area contributed by atoms with Gasteiger partial charge in [-0.1, -0.05) is 0 Å². The molecular weight excluding hydrogens is 308 g/mol. The van der Waals surface area contributed by atoms with E-state index in [1.165, 1.54) is 0 Å². The van der Waals surface area contributed by atoms with E-state index in [4.69, 9.17) is 9.84 Å². The Morgan fingerprint density at radius 1 is 1.33 bits per heavy atom. The van der Waals surface area contributed by atoms with E-state index in [9.17, 15) is 4.79 Å². The Kier molecular flexibility index (Phi) is 5.01. The molecule has 24 heavy (non-hydrogen) atoms. The third-order valence-electron chi connectivity index (χ3n) is 4.37. The molecule has 0 unspecified atom stereocenters. The summed E-state index contributed by atoms with van der Waals surface area (Å²) in [6, 6.07) is 3.74. The molecule has 0 aromatic carbocycles. The first-order valence-electron chi connectivity index (χ1n) is 8.38. The van der Waals surface area contributed by atoms with Crippen LogP contribution in [0.1, 0.15) is 23.1 Å². The molecule has 0 bridgehead atoms. The Morgan fingerprint density at radius 3 is 2.75 bits per heavy atom. The molecule has 1 fully saturated rings. The minimum absolute atomic E-state index is 0.00250. The number of piperazine rings is 1. The summed E-state index contributed by atoms with van der Waals surface area (Å²) in [6.45, 7) is 8.05. The fourth-order valence-electron chi connectivity index (χ4n) is 3.15. The summed E-state index contributed by atoms with van der Waals surface area (Å²) in [5, 5.41) is 9.02. The predicted octanol–water partition coefficient (Wildman–Crippen LogP) is 0.792. The van der Waals surface area contributed by atoms with Crippen LogP contribution in [-0.4, -0.2) is 76.1 Å². The standard InChI is InChI=1S/C17H24N4O3/c1-3-24-14-5-4-6-21-15(13(2)18-16(14)21)17(23)20-9-7-19(8-10-20)11-12-22/h4-6,22H,3,7-12H2,1-2H3. The van der Waals surface area contributed by atoms with Crippen LogP contribution in [0, 0.1) is 6.92 Å². The average Bonchev–Trinajstić information content (AvgIpc) is 2.92. The summed E-state index contributed by atoms with van der Waals surface area (Å²) in [5.41, 5.74) is 1.99. The molecule has 7 nitrogen and oxygen atoms in total. The van der Waals surface area contributed by atoms with Gasteiger partial charge >= 0.3 is 0 Å². The number of rotatable bonds is 5. The minimum Gasteiger partial charge on any atom is -0.490 e. The van der Waals surface area contributed by atoms with Crippen LogP contribution in [0.2, 0.25) is 0 Å². The first-order chi connectivity index (χ1) is 11.7. The number of imidazole rings is 1. The largest absolute Gasteiger partial charge is 0.490 e. The summed E-state index contributed by atoms with van der Waals surface area (Å²) in [4.78, 5) is 21.5. The minimum atomic E-state index is -0.00250. The van der Waals surface area contributed by atoms with Crippen LogP contribution in [0.15, 0.2) is 18.3 Å². The van der Waals surface area contributed by atoms with Gasteiger partial charge in [-0.05, 0) is 26.0 Å². The summed E-state index contributed by atoms with van der Waals surface area (Å²) in [5.74, 6) is 0.687. The molecule has 0 aliphatic carbocycles. The second-order valence-electron chi connectivity index (χ2n) is 5.90. The number of hydrogen-bond acceptors (Lipinski definition) is 5. The van der Waals surface area contributed by atoms with Crippen LogP contribution >= 0.6 is 0 Å². The number of aliphatic hydroxyl groups is 1. The van der Waals surface area contributed by atoms with Gasteiger partial charge in [0.2, 0.25) is 0 Å². The van der Waals surface area contributed by atoms with Crippen molar-refractivity contribution >= 4 is 11.6 Å². The van der Waals surface area contributed by atoms with Crippen molar-refractivity contribution in [3.05, 3.63) is 29.7 Å². The molecule has 1 N–H and O–H groups in total. The maximum atomic E-state index is 13.0. The van der Waals surface area contributed by atoms with Gasteiger partial charge in [0.15, 0.2) is 11.4 Å². The zero-order valence-corrected chi connectivity index (χ0v) is 14.2. The average molecular weight is 332 g/mol. The van der Waals surface area contributed by atoms with E-state index in [1.807, 2.05) is 41.5 Å². The first kappa shape index (κ1) is 16.7. The molecule has 1 aliphatic heterocycles. The van der Waals surface area contributed by atoms with Gasteiger partial charge in [-0.2, -0.15) is 0 Å². The molecule has 2 aromatic heterocycles. The lowest BCUT2D eigenvalue weighted by Crippen LogP contribution is -2.49. The number of carbonyl (C=O) groups is 1. The van der Waals surface area contributed by atoms with Crippen molar-refractivity contribution in [3.63, 3.8) is 0 Å². The van der Waals surface area contributed by atoms with E-state index in [-0.39, 0.29) is 12.5 Å².